The highest BCUT2D eigenvalue weighted by Crippen LogP contribution is 2.44. The first-order chi connectivity index (χ1) is 13.5. The van der Waals surface area contributed by atoms with E-state index in [2.05, 4.69) is 15.9 Å². The summed E-state index contributed by atoms with van der Waals surface area (Å²) >= 11 is 3.66. The number of rotatable bonds is 3. The molecule has 0 radical (unpaired) electrons. The third-order valence-electron chi connectivity index (χ3n) is 5.21. The monoisotopic (exact) mass is 474 g/mol. The van der Waals surface area contributed by atoms with Crippen LogP contribution in [0.25, 0.3) is 0 Å². The number of alkyl halides is 2. The minimum Gasteiger partial charge on any atom is -0.490 e. The van der Waals surface area contributed by atoms with Gasteiger partial charge in [0.05, 0.1) is 18.8 Å². The molecule has 2 aliphatic rings. The van der Waals surface area contributed by atoms with Crippen molar-refractivity contribution >= 4 is 27.7 Å². The number of fused-ring (bicyclic) bond motifs is 2. The van der Waals surface area contributed by atoms with E-state index in [9.17, 15) is 13.6 Å². The number of carbonyl (C=O) groups is 1. The average Bonchev–Trinajstić information content (AvgIpc) is 2.83. The normalized spacial score (nSPS) is 17.2. The van der Waals surface area contributed by atoms with Crippen LogP contribution in [0.4, 0.5) is 19.3 Å². The van der Waals surface area contributed by atoms with Gasteiger partial charge in [0.25, 0.3) is 5.92 Å². The van der Waals surface area contributed by atoms with Crippen molar-refractivity contribution in [1.29, 1.82) is 0 Å². The van der Waals surface area contributed by atoms with Gasteiger partial charge in [0.15, 0.2) is 0 Å². The second-order valence-electron chi connectivity index (χ2n) is 8.62. The van der Waals surface area contributed by atoms with Gasteiger partial charge in [-0.2, -0.15) is 0 Å². The van der Waals surface area contributed by atoms with Gasteiger partial charge >= 0.3 is 6.09 Å². The Morgan fingerprint density at radius 1 is 1.24 bits per heavy atom. The van der Waals surface area contributed by atoms with E-state index in [1.807, 2.05) is 26.8 Å². The maximum Gasteiger partial charge on any atom is 0.410 e. The molecule has 0 unspecified atom stereocenters. The first kappa shape index (κ1) is 22.1. The van der Waals surface area contributed by atoms with Crippen LogP contribution >= 0.6 is 15.9 Å². The van der Waals surface area contributed by atoms with Gasteiger partial charge in [0.1, 0.15) is 18.0 Å². The lowest BCUT2D eigenvalue weighted by Gasteiger charge is -2.35. The molecule has 0 aliphatic carbocycles. The second kappa shape index (κ2) is 8.28. The minimum atomic E-state index is -2.76. The molecule has 2 aliphatic heterocycles. The van der Waals surface area contributed by atoms with Crippen LogP contribution in [0, 0.1) is 0 Å². The maximum atomic E-state index is 14.1. The minimum absolute atomic E-state index is 0.201. The topological polar surface area (TPSA) is 42.0 Å². The molecule has 0 spiro atoms. The van der Waals surface area contributed by atoms with Crippen molar-refractivity contribution < 1.29 is 23.0 Å². The lowest BCUT2D eigenvalue weighted by molar-refractivity contribution is 0.00408. The highest BCUT2D eigenvalue weighted by atomic mass is 79.9. The number of anilines is 1. The van der Waals surface area contributed by atoms with Crippen molar-refractivity contribution in [1.82, 2.24) is 4.90 Å². The van der Waals surface area contributed by atoms with Crippen LogP contribution in [0.5, 0.6) is 5.75 Å². The molecular formula is C21H29BrF2N2O3. The highest BCUT2D eigenvalue weighted by molar-refractivity contribution is 9.10. The number of halogens is 3. The van der Waals surface area contributed by atoms with E-state index in [1.54, 1.807) is 9.80 Å². The van der Waals surface area contributed by atoms with Crippen molar-refractivity contribution in [2.45, 2.75) is 58.5 Å². The zero-order chi connectivity index (χ0) is 21.4. The lowest BCUT2D eigenvalue weighted by Crippen LogP contribution is -2.41. The molecule has 1 amide bonds. The van der Waals surface area contributed by atoms with E-state index in [1.165, 1.54) is 6.92 Å². The number of ether oxygens (including phenoxy) is 2. The molecule has 8 heteroatoms. The number of nitrogens with zero attached hydrogens (tertiary/aromatic N) is 2. The molecular weight excluding hydrogens is 446 g/mol. The third-order valence-corrected chi connectivity index (χ3v) is 6.06. The van der Waals surface area contributed by atoms with E-state index in [-0.39, 0.29) is 19.1 Å². The van der Waals surface area contributed by atoms with Crippen LogP contribution in [-0.2, 0) is 17.6 Å². The molecule has 0 saturated heterocycles. The largest absolute Gasteiger partial charge is 0.490 e. The van der Waals surface area contributed by atoms with E-state index >= 15 is 0 Å². The predicted octanol–water partition coefficient (Wildman–Crippen LogP) is 5.03. The fraction of sp³-hybridized carbons (Fsp3) is 0.667. The smallest absolute Gasteiger partial charge is 0.410 e. The van der Waals surface area contributed by atoms with Crippen LogP contribution in [0.2, 0.25) is 0 Å². The van der Waals surface area contributed by atoms with Gasteiger partial charge in [-0.1, -0.05) is 6.92 Å². The van der Waals surface area contributed by atoms with Crippen LogP contribution in [0.1, 0.15) is 45.2 Å². The van der Waals surface area contributed by atoms with Crippen molar-refractivity contribution in [3.8, 4) is 5.75 Å². The molecule has 0 N–H and O–H groups in total. The van der Waals surface area contributed by atoms with E-state index in [0.29, 0.717) is 50.5 Å². The Bertz CT molecular complexity index is 780. The number of hydrogen-bond donors (Lipinski definition) is 0. The number of carbonyl (C=O) groups excluding carboxylic acids is 1. The average molecular weight is 475 g/mol. The van der Waals surface area contributed by atoms with Gasteiger partial charge in [0, 0.05) is 24.0 Å². The van der Waals surface area contributed by atoms with Gasteiger partial charge in [-0.05, 0) is 66.7 Å². The first-order valence-electron chi connectivity index (χ1n) is 10.1. The quantitative estimate of drug-likeness (QED) is 0.615. The van der Waals surface area contributed by atoms with Gasteiger partial charge in [-0.3, -0.25) is 0 Å². The van der Waals surface area contributed by atoms with E-state index < -0.39 is 11.5 Å². The summed E-state index contributed by atoms with van der Waals surface area (Å²) in [5.41, 5.74) is 2.26. The number of hydrogen-bond acceptors (Lipinski definition) is 4. The van der Waals surface area contributed by atoms with Crippen molar-refractivity contribution in [2.75, 3.05) is 37.7 Å². The predicted molar refractivity (Wildman–Crippen MR) is 112 cm³/mol. The molecule has 3 rings (SSSR count). The molecule has 0 fully saturated rings. The molecule has 0 bridgehead atoms. The zero-order valence-electron chi connectivity index (χ0n) is 17.5. The van der Waals surface area contributed by atoms with Gasteiger partial charge in [-0.25, -0.2) is 13.6 Å². The molecule has 5 nitrogen and oxygen atoms in total. The van der Waals surface area contributed by atoms with Crippen LogP contribution in [0.3, 0.4) is 0 Å². The molecule has 0 aromatic heterocycles. The Balaban J connectivity index is 1.86. The summed E-state index contributed by atoms with van der Waals surface area (Å²) in [6.45, 7) is 8.57. The summed E-state index contributed by atoms with van der Waals surface area (Å²) in [4.78, 5) is 15.9. The van der Waals surface area contributed by atoms with Crippen LogP contribution < -0.4 is 9.64 Å². The second-order valence-corrected chi connectivity index (χ2v) is 9.41. The van der Waals surface area contributed by atoms with Crippen molar-refractivity contribution in [3.05, 3.63) is 21.7 Å². The Labute approximate surface area is 179 Å². The zero-order valence-corrected chi connectivity index (χ0v) is 19.1. The third kappa shape index (κ3) is 5.13. The van der Waals surface area contributed by atoms with Crippen molar-refractivity contribution in [2.24, 2.45) is 0 Å². The van der Waals surface area contributed by atoms with Gasteiger partial charge in [0.2, 0.25) is 0 Å². The molecule has 2 heterocycles. The molecule has 1 aromatic rings. The standard InChI is InChI=1S/C21H29BrF2N2O3/c1-5-21(23,24)13-26-10-11-28-16-12-14-6-8-25(19(27)29-20(2,3)4)9-7-15(14)17(22)18(16)26/h12H,5-11,13H2,1-4H3. The fourth-order valence-corrected chi connectivity index (χ4v) is 4.55. The maximum absolute atomic E-state index is 14.1. The Hall–Kier alpha value is -1.57. The van der Waals surface area contributed by atoms with Crippen molar-refractivity contribution in [3.63, 3.8) is 0 Å². The Morgan fingerprint density at radius 2 is 1.93 bits per heavy atom. The van der Waals surface area contributed by atoms with Gasteiger partial charge in [-0.15, -0.1) is 0 Å². The van der Waals surface area contributed by atoms with E-state index in [4.69, 9.17) is 9.47 Å². The summed E-state index contributed by atoms with van der Waals surface area (Å²) in [6.07, 6.45) is 0.759. The summed E-state index contributed by atoms with van der Waals surface area (Å²) < 4.78 is 40.3. The fourth-order valence-electron chi connectivity index (χ4n) is 3.65. The Morgan fingerprint density at radius 3 is 2.59 bits per heavy atom. The van der Waals surface area contributed by atoms with Crippen LogP contribution in [-0.4, -0.2) is 55.3 Å². The summed E-state index contributed by atoms with van der Waals surface area (Å²) in [6, 6.07) is 1.95. The highest BCUT2D eigenvalue weighted by Gasteiger charge is 2.35. The molecule has 1 aromatic carbocycles. The van der Waals surface area contributed by atoms with E-state index in [0.717, 1.165) is 15.6 Å². The lowest BCUT2D eigenvalue weighted by atomic mass is 10.00. The molecule has 0 saturated carbocycles. The number of amides is 1. The molecule has 0 atom stereocenters. The number of benzene rings is 1. The van der Waals surface area contributed by atoms with Crippen LogP contribution in [0.15, 0.2) is 10.5 Å². The summed E-state index contributed by atoms with van der Waals surface area (Å²) in [7, 11) is 0. The Kier molecular flexibility index (Phi) is 6.32. The molecule has 29 heavy (non-hydrogen) atoms. The molecule has 162 valence electrons. The summed E-state index contributed by atoms with van der Waals surface area (Å²) in [5.74, 6) is -2.13. The first-order valence-corrected chi connectivity index (χ1v) is 10.9. The SMILES string of the molecule is CCC(F)(F)CN1CCOc2cc3c(c(Br)c21)CCN(C(=O)OC(C)(C)C)CC3. The summed E-state index contributed by atoms with van der Waals surface area (Å²) in [5, 5.41) is 0. The van der Waals surface area contributed by atoms with Gasteiger partial charge < -0.3 is 19.3 Å².